The first kappa shape index (κ1) is 22.8. The maximum atomic E-state index is 13.1. The number of hydrogen-bond donors (Lipinski definition) is 2. The van der Waals surface area contributed by atoms with Crippen LogP contribution in [0.1, 0.15) is 50.2 Å². The Bertz CT molecular complexity index is 1020. The molecule has 2 aromatic carbocycles. The monoisotopic (exact) mass is 450 g/mol. The van der Waals surface area contributed by atoms with Gasteiger partial charge in [-0.2, -0.15) is 0 Å². The highest BCUT2D eigenvalue weighted by Crippen LogP contribution is 2.44. The van der Waals surface area contributed by atoms with E-state index in [0.29, 0.717) is 25.9 Å². The molecule has 33 heavy (non-hydrogen) atoms. The molecule has 4 rings (SSSR count). The number of likely N-dealkylation sites (tertiary alicyclic amines) is 1. The standard InChI is InChI=1S/C26H30N2O5/c1-3-12-26(2,24(31)28-14-17(15-28)13-23(29)30)27-25(32)33-16-22-20-10-6-4-8-18(20)19-9-5-7-11-21(19)22/h4-11,17,22H,3,12-16H2,1-2H3,(H,27,32)(H,29,30). The Morgan fingerprint density at radius 2 is 1.64 bits per heavy atom. The zero-order chi connectivity index (χ0) is 23.6. The number of fused-ring (bicyclic) bond motifs is 3. The Labute approximate surface area is 193 Å². The summed E-state index contributed by atoms with van der Waals surface area (Å²) in [6.07, 6.45) is 0.603. The van der Waals surface area contributed by atoms with Crippen molar-refractivity contribution in [2.45, 2.75) is 44.6 Å². The Morgan fingerprint density at radius 3 is 2.18 bits per heavy atom. The number of carboxylic acid groups (broad SMARTS) is 1. The van der Waals surface area contributed by atoms with Gasteiger partial charge in [-0.25, -0.2) is 4.79 Å². The average molecular weight is 451 g/mol. The van der Waals surface area contributed by atoms with E-state index >= 15 is 0 Å². The van der Waals surface area contributed by atoms with Gasteiger partial charge in [0.1, 0.15) is 12.1 Å². The van der Waals surface area contributed by atoms with Crippen molar-refractivity contribution in [3.8, 4) is 11.1 Å². The maximum absolute atomic E-state index is 13.1. The number of ether oxygens (including phenoxy) is 1. The van der Waals surface area contributed by atoms with Gasteiger partial charge in [-0.15, -0.1) is 0 Å². The highest BCUT2D eigenvalue weighted by Gasteiger charge is 2.43. The van der Waals surface area contributed by atoms with Crippen LogP contribution in [0.2, 0.25) is 0 Å². The molecule has 2 aromatic rings. The van der Waals surface area contributed by atoms with Gasteiger partial charge in [-0.05, 0) is 35.6 Å². The van der Waals surface area contributed by atoms with Gasteiger partial charge in [0.25, 0.3) is 0 Å². The number of benzene rings is 2. The van der Waals surface area contributed by atoms with Crippen molar-refractivity contribution in [1.29, 1.82) is 0 Å². The minimum atomic E-state index is -1.09. The molecule has 1 aliphatic carbocycles. The molecule has 174 valence electrons. The van der Waals surface area contributed by atoms with Crippen LogP contribution in [-0.4, -0.2) is 53.2 Å². The number of hydrogen-bond acceptors (Lipinski definition) is 4. The van der Waals surface area contributed by atoms with Crippen molar-refractivity contribution in [3.05, 3.63) is 59.7 Å². The third-order valence-corrected chi connectivity index (χ3v) is 6.65. The molecule has 2 amide bonds. The first-order valence-corrected chi connectivity index (χ1v) is 11.5. The summed E-state index contributed by atoms with van der Waals surface area (Å²) >= 11 is 0. The number of alkyl carbamates (subject to hydrolysis) is 1. The summed E-state index contributed by atoms with van der Waals surface area (Å²) in [5.41, 5.74) is 3.47. The molecule has 0 saturated carbocycles. The normalized spacial score (nSPS) is 16.8. The van der Waals surface area contributed by atoms with E-state index in [0.717, 1.165) is 22.3 Å². The van der Waals surface area contributed by atoms with Gasteiger partial charge in [0.2, 0.25) is 5.91 Å². The predicted molar refractivity (Wildman–Crippen MR) is 124 cm³/mol. The summed E-state index contributed by atoms with van der Waals surface area (Å²) in [6, 6.07) is 16.3. The molecule has 0 radical (unpaired) electrons. The number of nitrogens with zero attached hydrogens (tertiary/aromatic N) is 1. The first-order valence-electron chi connectivity index (χ1n) is 11.5. The smallest absolute Gasteiger partial charge is 0.408 e. The number of rotatable bonds is 8. The average Bonchev–Trinajstić information content (AvgIpc) is 3.08. The van der Waals surface area contributed by atoms with E-state index in [-0.39, 0.29) is 30.8 Å². The van der Waals surface area contributed by atoms with Gasteiger partial charge < -0.3 is 20.1 Å². The van der Waals surface area contributed by atoms with Crippen molar-refractivity contribution in [1.82, 2.24) is 10.2 Å². The quantitative estimate of drug-likeness (QED) is 0.633. The highest BCUT2D eigenvalue weighted by molar-refractivity contribution is 5.90. The molecule has 2 aliphatic rings. The molecule has 7 nitrogen and oxygen atoms in total. The molecule has 0 aromatic heterocycles. The van der Waals surface area contributed by atoms with E-state index in [1.807, 2.05) is 31.2 Å². The van der Waals surface area contributed by atoms with E-state index < -0.39 is 17.6 Å². The molecule has 7 heteroatoms. The van der Waals surface area contributed by atoms with Crippen LogP contribution in [0.25, 0.3) is 11.1 Å². The third-order valence-electron chi connectivity index (χ3n) is 6.65. The predicted octanol–water partition coefficient (Wildman–Crippen LogP) is 4.02. The van der Waals surface area contributed by atoms with Crippen LogP contribution in [0.4, 0.5) is 4.79 Å². The molecule has 1 saturated heterocycles. The van der Waals surface area contributed by atoms with Crippen molar-refractivity contribution in [3.63, 3.8) is 0 Å². The van der Waals surface area contributed by atoms with E-state index in [4.69, 9.17) is 9.84 Å². The fourth-order valence-corrected chi connectivity index (χ4v) is 5.04. The molecule has 1 atom stereocenters. The van der Waals surface area contributed by atoms with Crippen LogP contribution in [0.5, 0.6) is 0 Å². The molecule has 0 bridgehead atoms. The molecule has 1 heterocycles. The Balaban J connectivity index is 1.40. The van der Waals surface area contributed by atoms with E-state index in [9.17, 15) is 14.4 Å². The lowest BCUT2D eigenvalue weighted by molar-refractivity contribution is -0.149. The molecule has 1 aliphatic heterocycles. The minimum absolute atomic E-state index is 0.0354. The highest BCUT2D eigenvalue weighted by atomic mass is 16.5. The van der Waals surface area contributed by atoms with Crippen LogP contribution in [0, 0.1) is 5.92 Å². The van der Waals surface area contributed by atoms with Gasteiger partial charge in [0.15, 0.2) is 0 Å². The number of nitrogens with one attached hydrogen (secondary N) is 1. The van der Waals surface area contributed by atoms with Crippen molar-refractivity contribution in [2.24, 2.45) is 5.92 Å². The lowest BCUT2D eigenvalue weighted by atomic mass is 9.89. The van der Waals surface area contributed by atoms with E-state index in [1.165, 1.54) is 0 Å². The summed E-state index contributed by atoms with van der Waals surface area (Å²) in [4.78, 5) is 38.4. The van der Waals surface area contributed by atoms with Crippen LogP contribution >= 0.6 is 0 Å². The fourth-order valence-electron chi connectivity index (χ4n) is 5.04. The van der Waals surface area contributed by atoms with Gasteiger partial charge >= 0.3 is 12.1 Å². The summed E-state index contributed by atoms with van der Waals surface area (Å²) in [7, 11) is 0. The van der Waals surface area contributed by atoms with Crippen LogP contribution < -0.4 is 5.32 Å². The summed E-state index contributed by atoms with van der Waals surface area (Å²) in [6.45, 7) is 4.65. The Kier molecular flexibility index (Phi) is 6.40. The maximum Gasteiger partial charge on any atom is 0.408 e. The molecular formula is C26H30N2O5. The number of carbonyl (C=O) groups excluding carboxylic acids is 2. The number of carboxylic acids is 1. The first-order chi connectivity index (χ1) is 15.8. The van der Waals surface area contributed by atoms with Crippen molar-refractivity contribution in [2.75, 3.05) is 19.7 Å². The van der Waals surface area contributed by atoms with E-state index in [1.54, 1.807) is 11.8 Å². The molecule has 1 fully saturated rings. The van der Waals surface area contributed by atoms with Gasteiger partial charge in [-0.1, -0.05) is 61.9 Å². The van der Waals surface area contributed by atoms with Gasteiger partial charge in [0, 0.05) is 24.9 Å². The fraction of sp³-hybridized carbons (Fsp3) is 0.423. The topological polar surface area (TPSA) is 95.9 Å². The number of aliphatic carboxylic acids is 1. The second-order valence-corrected chi connectivity index (χ2v) is 9.21. The summed E-state index contributed by atoms with van der Waals surface area (Å²) in [5, 5.41) is 11.7. The van der Waals surface area contributed by atoms with Crippen LogP contribution in [0.15, 0.2) is 48.5 Å². The largest absolute Gasteiger partial charge is 0.481 e. The van der Waals surface area contributed by atoms with Crippen LogP contribution in [-0.2, 0) is 14.3 Å². The molecule has 1 unspecified atom stereocenters. The van der Waals surface area contributed by atoms with Crippen molar-refractivity contribution >= 4 is 18.0 Å². The molecular weight excluding hydrogens is 420 g/mol. The third kappa shape index (κ3) is 4.58. The Morgan fingerprint density at radius 1 is 1.06 bits per heavy atom. The lowest BCUT2D eigenvalue weighted by Gasteiger charge is -2.43. The number of amides is 2. The SMILES string of the molecule is CCCC(C)(NC(=O)OCC1c2ccccc2-c2ccccc21)C(=O)N1CC(CC(=O)O)C1. The lowest BCUT2D eigenvalue weighted by Crippen LogP contribution is -2.63. The number of carbonyl (C=O) groups is 3. The summed E-state index contributed by atoms with van der Waals surface area (Å²) in [5.74, 6) is -1.14. The zero-order valence-corrected chi connectivity index (χ0v) is 19.0. The zero-order valence-electron chi connectivity index (χ0n) is 19.0. The van der Waals surface area contributed by atoms with Crippen LogP contribution in [0.3, 0.4) is 0 Å². The second-order valence-electron chi connectivity index (χ2n) is 9.21. The minimum Gasteiger partial charge on any atom is -0.481 e. The Hall–Kier alpha value is -3.35. The second kappa shape index (κ2) is 9.25. The van der Waals surface area contributed by atoms with Gasteiger partial charge in [-0.3, -0.25) is 9.59 Å². The van der Waals surface area contributed by atoms with E-state index in [2.05, 4.69) is 29.6 Å². The van der Waals surface area contributed by atoms with Crippen molar-refractivity contribution < 1.29 is 24.2 Å². The molecule has 0 spiro atoms. The summed E-state index contributed by atoms with van der Waals surface area (Å²) < 4.78 is 5.64. The molecule has 2 N–H and O–H groups in total. The van der Waals surface area contributed by atoms with Gasteiger partial charge in [0.05, 0.1) is 6.42 Å².